The fourth-order valence-corrected chi connectivity index (χ4v) is 4.06. The Balaban J connectivity index is 1.31. The van der Waals surface area contributed by atoms with E-state index in [1.165, 1.54) is 25.7 Å². The molecule has 0 radical (unpaired) electrons. The zero-order valence-corrected chi connectivity index (χ0v) is 14.4. The molecule has 132 valence electrons. The third-order valence-electron chi connectivity index (χ3n) is 5.76. The van der Waals surface area contributed by atoms with Gasteiger partial charge in [0.1, 0.15) is 11.6 Å². The summed E-state index contributed by atoms with van der Waals surface area (Å²) in [5, 5.41) is 11.4. The third-order valence-corrected chi connectivity index (χ3v) is 5.76. The standard InChI is InChI=1S/C18H23N5O2/c1-10-6-13(25-22-10)7-16(24)23-8-14(11-2-3-11)15(9-23)18-19-17(20-21-18)12-4-5-12/h6,11-12,14-15H,2-5,7-9H2,1H3,(H,19,20,21)/t14-,15+/m1/s1. The summed E-state index contributed by atoms with van der Waals surface area (Å²) in [5.41, 5.74) is 0.812. The second-order valence-electron chi connectivity index (χ2n) is 7.87. The molecule has 25 heavy (non-hydrogen) atoms. The highest BCUT2D eigenvalue weighted by Crippen LogP contribution is 2.47. The maximum Gasteiger partial charge on any atom is 0.230 e. The number of nitrogens with zero attached hydrogens (tertiary/aromatic N) is 4. The zero-order valence-electron chi connectivity index (χ0n) is 14.4. The molecule has 7 heteroatoms. The SMILES string of the molecule is Cc1cc(CC(=O)N2C[C@H](c3nc(C4CC4)n[nH]3)[C@@H](C3CC3)C2)on1. The molecule has 1 N–H and O–H groups in total. The van der Waals surface area contributed by atoms with Crippen LogP contribution >= 0.6 is 0 Å². The molecule has 2 saturated carbocycles. The van der Waals surface area contributed by atoms with Gasteiger partial charge in [-0.2, -0.15) is 5.10 Å². The highest BCUT2D eigenvalue weighted by molar-refractivity contribution is 5.78. The summed E-state index contributed by atoms with van der Waals surface area (Å²) in [6.45, 7) is 3.42. The van der Waals surface area contributed by atoms with Gasteiger partial charge in [-0.15, -0.1) is 0 Å². The van der Waals surface area contributed by atoms with Crippen LogP contribution in [0, 0.1) is 18.8 Å². The van der Waals surface area contributed by atoms with Crippen molar-refractivity contribution >= 4 is 5.91 Å². The number of hydrogen-bond donors (Lipinski definition) is 1. The van der Waals surface area contributed by atoms with Crippen molar-refractivity contribution in [2.45, 2.75) is 50.9 Å². The molecule has 3 heterocycles. The highest BCUT2D eigenvalue weighted by Gasteiger charge is 2.46. The van der Waals surface area contributed by atoms with Crippen molar-refractivity contribution in [3.05, 3.63) is 29.2 Å². The van der Waals surface area contributed by atoms with E-state index in [0.717, 1.165) is 36.4 Å². The Kier molecular flexibility index (Phi) is 3.43. The smallest absolute Gasteiger partial charge is 0.230 e. The first-order valence-corrected chi connectivity index (χ1v) is 9.29. The Morgan fingerprint density at radius 2 is 2.16 bits per heavy atom. The molecule has 5 rings (SSSR count). The van der Waals surface area contributed by atoms with Crippen LogP contribution in [0.4, 0.5) is 0 Å². The van der Waals surface area contributed by atoms with Gasteiger partial charge in [0, 0.05) is 31.0 Å². The Morgan fingerprint density at radius 1 is 1.32 bits per heavy atom. The number of aromatic nitrogens is 4. The minimum Gasteiger partial charge on any atom is -0.361 e. The molecule has 2 atom stereocenters. The molecule has 0 aromatic carbocycles. The molecular formula is C18H23N5O2. The predicted octanol–water partition coefficient (Wildman–Crippen LogP) is 2.17. The molecule has 0 spiro atoms. The first-order valence-electron chi connectivity index (χ1n) is 9.29. The van der Waals surface area contributed by atoms with E-state index >= 15 is 0 Å². The lowest BCUT2D eigenvalue weighted by molar-refractivity contribution is -0.129. The summed E-state index contributed by atoms with van der Waals surface area (Å²) < 4.78 is 5.20. The summed E-state index contributed by atoms with van der Waals surface area (Å²) >= 11 is 0. The third kappa shape index (κ3) is 2.96. The average Bonchev–Trinajstić information content (AvgIpc) is 3.49. The normalized spacial score (nSPS) is 26.4. The van der Waals surface area contributed by atoms with E-state index < -0.39 is 0 Å². The van der Waals surface area contributed by atoms with Gasteiger partial charge in [-0.05, 0) is 44.4 Å². The molecule has 3 aliphatic rings. The number of aromatic amines is 1. The first-order chi connectivity index (χ1) is 12.2. The summed E-state index contributed by atoms with van der Waals surface area (Å²) in [7, 11) is 0. The van der Waals surface area contributed by atoms with Crippen molar-refractivity contribution in [2.75, 3.05) is 13.1 Å². The second-order valence-corrected chi connectivity index (χ2v) is 7.87. The van der Waals surface area contributed by atoms with Crippen LogP contribution in [0.2, 0.25) is 0 Å². The minimum absolute atomic E-state index is 0.117. The van der Waals surface area contributed by atoms with E-state index in [2.05, 4.69) is 15.4 Å². The second kappa shape index (κ2) is 5.68. The molecule has 2 aromatic heterocycles. The van der Waals surface area contributed by atoms with Gasteiger partial charge in [0.15, 0.2) is 5.82 Å². The molecule has 1 saturated heterocycles. The number of carbonyl (C=O) groups is 1. The van der Waals surface area contributed by atoms with Crippen molar-refractivity contribution in [1.82, 2.24) is 25.2 Å². The molecule has 2 aromatic rings. The summed E-state index contributed by atoms with van der Waals surface area (Å²) in [5.74, 6) is 4.77. The quantitative estimate of drug-likeness (QED) is 0.900. The maximum absolute atomic E-state index is 12.7. The van der Waals surface area contributed by atoms with Crippen molar-refractivity contribution in [2.24, 2.45) is 11.8 Å². The average molecular weight is 341 g/mol. The highest BCUT2D eigenvalue weighted by atomic mass is 16.5. The van der Waals surface area contributed by atoms with Crippen molar-refractivity contribution < 1.29 is 9.32 Å². The largest absolute Gasteiger partial charge is 0.361 e. The Hall–Kier alpha value is -2.18. The van der Waals surface area contributed by atoms with Crippen molar-refractivity contribution in [3.63, 3.8) is 0 Å². The number of rotatable bonds is 5. The number of hydrogen-bond acceptors (Lipinski definition) is 5. The number of amides is 1. The van der Waals surface area contributed by atoms with Crippen LogP contribution in [0.5, 0.6) is 0 Å². The van der Waals surface area contributed by atoms with E-state index in [1.54, 1.807) is 0 Å². The maximum atomic E-state index is 12.7. The van der Waals surface area contributed by atoms with Crippen LogP contribution in [0.25, 0.3) is 0 Å². The van der Waals surface area contributed by atoms with Crippen LogP contribution in [0.15, 0.2) is 10.6 Å². The summed E-state index contributed by atoms with van der Waals surface area (Å²) in [6, 6.07) is 1.84. The number of carbonyl (C=O) groups excluding carboxylic acids is 1. The molecule has 0 unspecified atom stereocenters. The molecule has 3 fully saturated rings. The molecule has 0 bridgehead atoms. The monoisotopic (exact) mass is 341 g/mol. The Labute approximate surface area is 146 Å². The molecular weight excluding hydrogens is 318 g/mol. The number of aryl methyl sites for hydroxylation is 1. The topological polar surface area (TPSA) is 87.9 Å². The van der Waals surface area contributed by atoms with Crippen LogP contribution in [-0.4, -0.2) is 44.2 Å². The van der Waals surface area contributed by atoms with E-state index in [0.29, 0.717) is 17.6 Å². The van der Waals surface area contributed by atoms with Crippen molar-refractivity contribution in [3.8, 4) is 0 Å². The van der Waals surface area contributed by atoms with Gasteiger partial charge < -0.3 is 9.42 Å². The van der Waals surface area contributed by atoms with Gasteiger partial charge in [-0.1, -0.05) is 5.16 Å². The van der Waals surface area contributed by atoms with E-state index in [1.807, 2.05) is 17.9 Å². The van der Waals surface area contributed by atoms with Crippen LogP contribution in [0.3, 0.4) is 0 Å². The zero-order chi connectivity index (χ0) is 17.0. The van der Waals surface area contributed by atoms with Gasteiger partial charge in [0.25, 0.3) is 0 Å². The fourth-order valence-electron chi connectivity index (χ4n) is 4.06. The predicted molar refractivity (Wildman–Crippen MR) is 88.8 cm³/mol. The number of likely N-dealkylation sites (tertiary alicyclic amines) is 1. The lowest BCUT2D eigenvalue weighted by Crippen LogP contribution is -2.30. The van der Waals surface area contributed by atoms with Crippen LogP contribution in [0.1, 0.15) is 60.6 Å². The van der Waals surface area contributed by atoms with Crippen LogP contribution < -0.4 is 0 Å². The summed E-state index contributed by atoms with van der Waals surface area (Å²) in [4.78, 5) is 19.4. The first kappa shape index (κ1) is 15.1. The van der Waals surface area contributed by atoms with E-state index in [4.69, 9.17) is 9.51 Å². The van der Waals surface area contributed by atoms with Crippen molar-refractivity contribution in [1.29, 1.82) is 0 Å². The van der Waals surface area contributed by atoms with Gasteiger partial charge in [-0.25, -0.2) is 4.98 Å². The Morgan fingerprint density at radius 3 is 2.84 bits per heavy atom. The number of H-pyrrole nitrogens is 1. The molecule has 2 aliphatic carbocycles. The molecule has 1 amide bonds. The Bertz CT molecular complexity index is 789. The minimum atomic E-state index is 0.117. The number of nitrogens with one attached hydrogen (secondary N) is 1. The molecule has 7 nitrogen and oxygen atoms in total. The van der Waals surface area contributed by atoms with Crippen LogP contribution in [-0.2, 0) is 11.2 Å². The fraction of sp³-hybridized carbons (Fsp3) is 0.667. The van der Waals surface area contributed by atoms with E-state index in [9.17, 15) is 4.79 Å². The van der Waals surface area contributed by atoms with E-state index in [-0.39, 0.29) is 18.2 Å². The lowest BCUT2D eigenvalue weighted by Gasteiger charge is -2.15. The van der Waals surface area contributed by atoms with Gasteiger partial charge in [0.2, 0.25) is 5.91 Å². The van der Waals surface area contributed by atoms with Gasteiger partial charge >= 0.3 is 0 Å². The van der Waals surface area contributed by atoms with Gasteiger partial charge in [-0.3, -0.25) is 9.89 Å². The molecule has 1 aliphatic heterocycles. The van der Waals surface area contributed by atoms with Gasteiger partial charge in [0.05, 0.1) is 12.1 Å². The lowest BCUT2D eigenvalue weighted by atomic mass is 9.91. The summed E-state index contributed by atoms with van der Waals surface area (Å²) in [6.07, 6.45) is 5.24.